The van der Waals surface area contributed by atoms with Crippen LogP contribution >= 0.6 is 0 Å². The Kier molecular flexibility index (Phi) is 11.0. The molecular weight excluding hydrogens is 642 g/mol. The summed E-state index contributed by atoms with van der Waals surface area (Å²) in [5, 5.41) is 13.5. The van der Waals surface area contributed by atoms with Crippen molar-refractivity contribution in [3.63, 3.8) is 0 Å². The fourth-order valence-electron chi connectivity index (χ4n) is 5.13. The average molecular weight is 688 g/mol. The van der Waals surface area contributed by atoms with Crippen LogP contribution in [0.3, 0.4) is 0 Å². The van der Waals surface area contributed by atoms with Crippen molar-refractivity contribution in [2.24, 2.45) is 0 Å². The van der Waals surface area contributed by atoms with Crippen LogP contribution in [0, 0.1) is 10.1 Å². The first-order valence-corrected chi connectivity index (χ1v) is 16.0. The highest BCUT2D eigenvalue weighted by molar-refractivity contribution is 5.99. The number of para-hydroxylation sites is 1. The van der Waals surface area contributed by atoms with Crippen LogP contribution in [-0.4, -0.2) is 82.0 Å². The van der Waals surface area contributed by atoms with Crippen molar-refractivity contribution in [3.8, 4) is 17.0 Å². The molecule has 0 radical (unpaired) electrons. The van der Waals surface area contributed by atoms with Gasteiger partial charge < -0.3 is 28.6 Å². The number of anilines is 3. The molecule has 0 spiro atoms. The van der Waals surface area contributed by atoms with E-state index in [1.54, 1.807) is 72.7 Å². The highest BCUT2D eigenvalue weighted by Crippen LogP contribution is 2.42. The number of rotatable bonds is 11. The number of likely N-dealkylation sites (N-methyl/N-ethyl adjacent to an activating group) is 2. The lowest BCUT2D eigenvalue weighted by Crippen LogP contribution is -2.38. The van der Waals surface area contributed by atoms with Crippen LogP contribution in [0.2, 0.25) is 0 Å². The number of ether oxygens (including phenoxy) is 3. The fourth-order valence-corrected chi connectivity index (χ4v) is 5.13. The van der Waals surface area contributed by atoms with Crippen LogP contribution in [0.1, 0.15) is 41.5 Å². The molecule has 0 fully saturated rings. The number of carbonyl (C=O) groups is 2. The third-order valence-electron chi connectivity index (χ3n) is 7.41. The highest BCUT2D eigenvalue weighted by atomic mass is 16.6. The smallest absolute Gasteiger partial charge is 0.422 e. The Morgan fingerprint density at radius 3 is 2.26 bits per heavy atom. The van der Waals surface area contributed by atoms with Gasteiger partial charge in [-0.1, -0.05) is 24.3 Å². The Bertz CT molecular complexity index is 1890. The number of amides is 2. The maximum Gasteiger partial charge on any atom is 0.422 e. The molecule has 14 nitrogen and oxygen atoms in total. The van der Waals surface area contributed by atoms with Crippen LogP contribution in [0.15, 0.2) is 67.5 Å². The van der Waals surface area contributed by atoms with Gasteiger partial charge in [-0.05, 0) is 53.7 Å². The Hall–Kier alpha value is -5.66. The standard InChI is InChI=1S/C36H45N7O7/c1-11-18-41-23-25(24-14-12-13-15-27(24)41)26-16-17-37-32(38-26)42(34(45)50-36(5,6)7)30-21-29(43(46)47)28(22-31(30)48-10)39(8)19-20-40(9)33(44)49-35(2,3)4/h11-17,21-23H,1,18-20H2,2-10H3. The number of fused-ring (bicyclic) bond motifs is 1. The summed E-state index contributed by atoms with van der Waals surface area (Å²) in [5.41, 5.74) is 0.561. The highest BCUT2D eigenvalue weighted by Gasteiger charge is 2.33. The van der Waals surface area contributed by atoms with Gasteiger partial charge in [-0.25, -0.2) is 24.5 Å². The molecular formula is C36H45N7O7. The summed E-state index contributed by atoms with van der Waals surface area (Å²) in [7, 11) is 4.64. The monoisotopic (exact) mass is 687 g/mol. The van der Waals surface area contributed by atoms with E-state index in [2.05, 4.69) is 11.6 Å². The van der Waals surface area contributed by atoms with Crippen LogP contribution in [0.5, 0.6) is 5.75 Å². The van der Waals surface area contributed by atoms with Gasteiger partial charge in [0.05, 0.1) is 17.7 Å². The van der Waals surface area contributed by atoms with E-state index in [4.69, 9.17) is 19.2 Å². The van der Waals surface area contributed by atoms with E-state index in [0.717, 1.165) is 21.4 Å². The molecule has 266 valence electrons. The van der Waals surface area contributed by atoms with Crippen LogP contribution < -0.4 is 14.5 Å². The van der Waals surface area contributed by atoms with Gasteiger partial charge in [0.25, 0.3) is 5.69 Å². The van der Waals surface area contributed by atoms with Crippen LogP contribution in [-0.2, 0) is 16.0 Å². The van der Waals surface area contributed by atoms with E-state index in [1.165, 1.54) is 30.3 Å². The molecule has 0 aliphatic rings. The molecule has 0 aliphatic heterocycles. The van der Waals surface area contributed by atoms with Crippen molar-refractivity contribution in [2.75, 3.05) is 44.1 Å². The van der Waals surface area contributed by atoms with Crippen molar-refractivity contribution in [3.05, 3.63) is 77.6 Å². The summed E-state index contributed by atoms with van der Waals surface area (Å²) in [6.45, 7) is 15.3. The summed E-state index contributed by atoms with van der Waals surface area (Å²) >= 11 is 0. The number of hydrogen-bond donors (Lipinski definition) is 0. The van der Waals surface area contributed by atoms with E-state index < -0.39 is 28.3 Å². The van der Waals surface area contributed by atoms with Crippen LogP contribution in [0.4, 0.5) is 32.6 Å². The lowest BCUT2D eigenvalue weighted by molar-refractivity contribution is -0.384. The van der Waals surface area contributed by atoms with E-state index in [0.29, 0.717) is 12.2 Å². The Balaban J connectivity index is 1.81. The van der Waals surface area contributed by atoms with Crippen molar-refractivity contribution >= 4 is 46.1 Å². The topological polar surface area (TPSA) is 145 Å². The van der Waals surface area contributed by atoms with Gasteiger partial charge in [0.1, 0.15) is 28.3 Å². The number of aromatic nitrogens is 3. The molecule has 0 unspecified atom stereocenters. The van der Waals surface area contributed by atoms with E-state index in [-0.39, 0.29) is 41.8 Å². The van der Waals surface area contributed by atoms with E-state index in [9.17, 15) is 19.7 Å². The number of nitro benzene ring substituents is 1. The number of hydrogen-bond acceptors (Lipinski definition) is 10. The molecule has 0 saturated heterocycles. The van der Waals surface area contributed by atoms with Gasteiger partial charge in [-0.15, -0.1) is 6.58 Å². The van der Waals surface area contributed by atoms with Gasteiger partial charge in [0, 0.05) is 74.7 Å². The third kappa shape index (κ3) is 8.67. The van der Waals surface area contributed by atoms with E-state index in [1.807, 2.05) is 35.0 Å². The normalized spacial score (nSPS) is 11.5. The molecule has 4 aromatic rings. The molecule has 2 aromatic heterocycles. The molecule has 14 heteroatoms. The van der Waals surface area contributed by atoms with Crippen molar-refractivity contribution < 1.29 is 28.7 Å². The molecule has 0 bridgehead atoms. The first kappa shape index (κ1) is 37.2. The molecule has 4 rings (SSSR count). The minimum absolute atomic E-state index is 0.00251. The third-order valence-corrected chi connectivity index (χ3v) is 7.41. The van der Waals surface area contributed by atoms with E-state index >= 15 is 0 Å². The number of benzene rings is 2. The molecule has 2 heterocycles. The van der Waals surface area contributed by atoms with Crippen molar-refractivity contribution in [1.82, 2.24) is 19.4 Å². The molecule has 0 atom stereocenters. The minimum Gasteiger partial charge on any atom is -0.494 e. The molecule has 0 N–H and O–H groups in total. The molecule has 2 amide bonds. The van der Waals surface area contributed by atoms with Crippen molar-refractivity contribution in [2.45, 2.75) is 59.3 Å². The molecule has 2 aromatic carbocycles. The second-order valence-electron chi connectivity index (χ2n) is 13.7. The summed E-state index contributed by atoms with van der Waals surface area (Å²) in [6.07, 6.45) is 3.88. The Morgan fingerprint density at radius 2 is 1.64 bits per heavy atom. The first-order chi connectivity index (χ1) is 23.4. The summed E-state index contributed by atoms with van der Waals surface area (Å²) in [4.78, 5) is 51.7. The molecule has 0 saturated carbocycles. The summed E-state index contributed by atoms with van der Waals surface area (Å²) in [6, 6.07) is 12.3. The average Bonchev–Trinajstić information content (AvgIpc) is 3.40. The zero-order valence-corrected chi connectivity index (χ0v) is 30.1. The number of allylic oxidation sites excluding steroid dienone is 1. The number of methoxy groups -OCH3 is 1. The van der Waals surface area contributed by atoms with Gasteiger partial charge in [-0.2, -0.15) is 0 Å². The quantitative estimate of drug-likeness (QED) is 0.0879. The maximum atomic E-state index is 13.9. The summed E-state index contributed by atoms with van der Waals surface area (Å²) in [5.74, 6) is 0.0467. The zero-order chi connectivity index (χ0) is 37.0. The first-order valence-electron chi connectivity index (χ1n) is 16.0. The number of nitro groups is 1. The maximum absolute atomic E-state index is 13.9. The second kappa shape index (κ2) is 14.8. The fraction of sp³-hybridized carbons (Fsp3) is 0.389. The van der Waals surface area contributed by atoms with Crippen molar-refractivity contribution in [1.29, 1.82) is 0 Å². The molecule has 50 heavy (non-hydrogen) atoms. The largest absolute Gasteiger partial charge is 0.494 e. The zero-order valence-electron chi connectivity index (χ0n) is 30.1. The van der Waals surface area contributed by atoms with Gasteiger partial charge >= 0.3 is 12.2 Å². The minimum atomic E-state index is -0.926. The Labute approximate surface area is 292 Å². The second-order valence-corrected chi connectivity index (χ2v) is 13.7. The van der Waals surface area contributed by atoms with Gasteiger partial charge in [0.2, 0.25) is 5.95 Å². The predicted molar refractivity (Wildman–Crippen MR) is 193 cm³/mol. The number of carbonyl (C=O) groups excluding carboxylic acids is 2. The molecule has 0 aliphatic carbocycles. The van der Waals surface area contributed by atoms with Gasteiger partial charge in [-0.3, -0.25) is 10.1 Å². The predicted octanol–water partition coefficient (Wildman–Crippen LogP) is 7.58. The lowest BCUT2D eigenvalue weighted by atomic mass is 10.1. The lowest BCUT2D eigenvalue weighted by Gasteiger charge is -2.29. The number of nitrogens with zero attached hydrogens (tertiary/aromatic N) is 7. The van der Waals surface area contributed by atoms with Gasteiger partial charge in [0.15, 0.2) is 0 Å². The van der Waals surface area contributed by atoms with Crippen LogP contribution in [0.25, 0.3) is 22.2 Å². The summed E-state index contributed by atoms with van der Waals surface area (Å²) < 4.78 is 19.0. The Morgan fingerprint density at radius 1 is 0.980 bits per heavy atom. The SMILES string of the molecule is C=CCn1cc(-c2ccnc(N(C(=O)OC(C)(C)C)c3cc([N+](=O)[O-])c(N(C)CCN(C)C(=O)OC(C)(C)C)cc3OC)n2)c2ccccc21.